The fraction of sp³-hybridized carbons (Fsp3) is 0.556. The Morgan fingerprint density at radius 1 is 1.53 bits per heavy atom. The van der Waals surface area contributed by atoms with E-state index in [9.17, 15) is 4.79 Å². The van der Waals surface area contributed by atoms with Gasteiger partial charge in [0.25, 0.3) is 0 Å². The number of aromatic nitrogens is 1. The zero-order valence-corrected chi connectivity index (χ0v) is 10.3. The topological polar surface area (TPSA) is 62.2 Å². The Balaban J connectivity index is 2.80. The lowest BCUT2D eigenvalue weighted by Crippen LogP contribution is -2.21. The van der Waals surface area contributed by atoms with Crippen molar-refractivity contribution in [2.45, 2.75) is 26.8 Å². The van der Waals surface area contributed by atoms with Gasteiger partial charge in [0.1, 0.15) is 0 Å². The molecule has 1 heterocycles. The van der Waals surface area contributed by atoms with Crippen molar-refractivity contribution in [3.63, 3.8) is 0 Å². The van der Waals surface area contributed by atoms with Gasteiger partial charge >= 0.3 is 5.97 Å². The summed E-state index contributed by atoms with van der Waals surface area (Å²) in [7, 11) is 0. The van der Waals surface area contributed by atoms with Gasteiger partial charge in [0.15, 0.2) is 15.2 Å². The maximum absolute atomic E-state index is 10.7. The molecule has 0 aliphatic rings. The molecule has 0 aliphatic carbocycles. The van der Waals surface area contributed by atoms with Crippen LogP contribution in [0.2, 0.25) is 5.15 Å². The molecule has 6 heteroatoms. The van der Waals surface area contributed by atoms with Crippen LogP contribution in [0.25, 0.3) is 0 Å². The number of hydrogen-bond acceptors (Lipinski definition) is 4. The van der Waals surface area contributed by atoms with E-state index in [0.29, 0.717) is 11.0 Å². The summed E-state index contributed by atoms with van der Waals surface area (Å²) in [4.78, 5) is 14.7. The SMILES string of the molecule is CC(C)C(C)Nc1nc(Cl)c(C(=O)O)s1. The van der Waals surface area contributed by atoms with Crippen molar-refractivity contribution in [1.29, 1.82) is 0 Å². The predicted molar refractivity (Wildman–Crippen MR) is 62.0 cm³/mol. The standard InChI is InChI=1S/C9H13ClN2O2S/c1-4(2)5(3)11-9-12-7(10)6(15-9)8(13)14/h4-5H,1-3H3,(H,11,12)(H,13,14). The van der Waals surface area contributed by atoms with E-state index in [0.717, 1.165) is 11.3 Å². The molecule has 1 rings (SSSR count). The van der Waals surface area contributed by atoms with Gasteiger partial charge in [-0.3, -0.25) is 0 Å². The number of carboxylic acids is 1. The molecule has 0 saturated heterocycles. The molecular formula is C9H13ClN2O2S. The molecule has 0 radical (unpaired) electrons. The lowest BCUT2D eigenvalue weighted by atomic mass is 10.1. The molecule has 84 valence electrons. The predicted octanol–water partition coefficient (Wildman–Crippen LogP) is 2.95. The van der Waals surface area contributed by atoms with Crippen LogP contribution in [0.5, 0.6) is 0 Å². The maximum Gasteiger partial charge on any atom is 0.349 e. The van der Waals surface area contributed by atoms with E-state index in [-0.39, 0.29) is 16.1 Å². The monoisotopic (exact) mass is 248 g/mol. The van der Waals surface area contributed by atoms with E-state index in [1.807, 2.05) is 6.92 Å². The molecule has 15 heavy (non-hydrogen) atoms. The molecule has 1 atom stereocenters. The zero-order valence-electron chi connectivity index (χ0n) is 8.74. The molecule has 0 spiro atoms. The first-order valence-electron chi connectivity index (χ1n) is 4.58. The Morgan fingerprint density at radius 3 is 2.53 bits per heavy atom. The quantitative estimate of drug-likeness (QED) is 0.860. The van der Waals surface area contributed by atoms with Gasteiger partial charge in [0.2, 0.25) is 0 Å². The first-order chi connectivity index (χ1) is 6.91. The van der Waals surface area contributed by atoms with Crippen LogP contribution in [0, 0.1) is 5.92 Å². The molecule has 0 amide bonds. The molecule has 0 bridgehead atoms. The first kappa shape index (κ1) is 12.3. The Hall–Kier alpha value is -0.810. The second kappa shape index (κ2) is 4.81. The summed E-state index contributed by atoms with van der Waals surface area (Å²) < 4.78 is 0. The third-order valence-electron chi connectivity index (χ3n) is 2.13. The highest BCUT2D eigenvalue weighted by Crippen LogP contribution is 2.27. The van der Waals surface area contributed by atoms with Gasteiger partial charge in [-0.05, 0) is 12.8 Å². The molecule has 0 aromatic carbocycles. The Morgan fingerprint density at radius 2 is 2.13 bits per heavy atom. The van der Waals surface area contributed by atoms with Gasteiger partial charge < -0.3 is 10.4 Å². The number of nitrogens with zero attached hydrogens (tertiary/aromatic N) is 1. The first-order valence-corrected chi connectivity index (χ1v) is 5.77. The van der Waals surface area contributed by atoms with Crippen molar-refractivity contribution < 1.29 is 9.90 Å². The van der Waals surface area contributed by atoms with Crippen molar-refractivity contribution in [2.75, 3.05) is 5.32 Å². The average molecular weight is 249 g/mol. The third-order valence-corrected chi connectivity index (χ3v) is 3.49. The molecule has 0 fully saturated rings. The number of anilines is 1. The van der Waals surface area contributed by atoms with Crippen LogP contribution in [-0.4, -0.2) is 22.1 Å². The third kappa shape index (κ3) is 3.07. The van der Waals surface area contributed by atoms with Crippen LogP contribution >= 0.6 is 22.9 Å². The van der Waals surface area contributed by atoms with Gasteiger partial charge in [0.05, 0.1) is 0 Å². The molecule has 2 N–H and O–H groups in total. The average Bonchev–Trinajstić information content (AvgIpc) is 2.46. The number of halogens is 1. The molecule has 1 unspecified atom stereocenters. The normalized spacial score (nSPS) is 12.9. The van der Waals surface area contributed by atoms with Gasteiger partial charge in [0, 0.05) is 6.04 Å². The van der Waals surface area contributed by atoms with Crippen molar-refractivity contribution in [3.05, 3.63) is 10.0 Å². The minimum absolute atomic E-state index is 0.0472. The Labute approximate surface area is 97.3 Å². The van der Waals surface area contributed by atoms with E-state index >= 15 is 0 Å². The minimum atomic E-state index is -1.04. The molecule has 0 saturated carbocycles. The minimum Gasteiger partial charge on any atom is -0.477 e. The second-order valence-electron chi connectivity index (χ2n) is 3.62. The summed E-state index contributed by atoms with van der Waals surface area (Å²) in [5.74, 6) is -0.594. The molecular weight excluding hydrogens is 236 g/mol. The summed E-state index contributed by atoms with van der Waals surface area (Å²) in [5, 5.41) is 12.5. The van der Waals surface area contributed by atoms with Gasteiger partial charge in [-0.1, -0.05) is 36.8 Å². The van der Waals surface area contributed by atoms with E-state index in [1.54, 1.807) is 0 Å². The number of carboxylic acid groups (broad SMARTS) is 1. The lowest BCUT2D eigenvalue weighted by Gasteiger charge is -2.16. The molecule has 4 nitrogen and oxygen atoms in total. The maximum atomic E-state index is 10.7. The Kier molecular flexibility index (Phi) is 3.93. The van der Waals surface area contributed by atoms with E-state index in [4.69, 9.17) is 16.7 Å². The van der Waals surface area contributed by atoms with Gasteiger partial charge in [-0.15, -0.1) is 0 Å². The van der Waals surface area contributed by atoms with E-state index in [2.05, 4.69) is 24.1 Å². The van der Waals surface area contributed by atoms with E-state index < -0.39 is 5.97 Å². The lowest BCUT2D eigenvalue weighted by molar-refractivity contribution is 0.0702. The summed E-state index contributed by atoms with van der Waals surface area (Å²) in [6.45, 7) is 6.16. The smallest absolute Gasteiger partial charge is 0.349 e. The zero-order chi connectivity index (χ0) is 11.6. The Bertz CT molecular complexity index is 365. The summed E-state index contributed by atoms with van der Waals surface area (Å²) in [6, 6.07) is 0.230. The summed E-state index contributed by atoms with van der Waals surface area (Å²) in [5.41, 5.74) is 0. The number of thiazole rings is 1. The highest BCUT2D eigenvalue weighted by molar-refractivity contribution is 7.18. The van der Waals surface area contributed by atoms with E-state index in [1.165, 1.54) is 0 Å². The van der Waals surface area contributed by atoms with Crippen LogP contribution in [0.3, 0.4) is 0 Å². The van der Waals surface area contributed by atoms with Crippen LogP contribution in [-0.2, 0) is 0 Å². The number of hydrogen-bond donors (Lipinski definition) is 2. The van der Waals surface area contributed by atoms with Gasteiger partial charge in [-0.25, -0.2) is 9.78 Å². The fourth-order valence-corrected chi connectivity index (χ4v) is 1.98. The van der Waals surface area contributed by atoms with Crippen LogP contribution in [0.15, 0.2) is 0 Å². The van der Waals surface area contributed by atoms with Crippen molar-refractivity contribution in [3.8, 4) is 0 Å². The number of carbonyl (C=O) groups is 1. The van der Waals surface area contributed by atoms with Crippen molar-refractivity contribution in [2.24, 2.45) is 5.92 Å². The number of aromatic carboxylic acids is 1. The van der Waals surface area contributed by atoms with Gasteiger partial charge in [-0.2, -0.15) is 0 Å². The largest absolute Gasteiger partial charge is 0.477 e. The summed E-state index contributed by atoms with van der Waals surface area (Å²) in [6.07, 6.45) is 0. The molecule has 0 aliphatic heterocycles. The fourth-order valence-electron chi connectivity index (χ4n) is 0.857. The van der Waals surface area contributed by atoms with Crippen LogP contribution in [0.4, 0.5) is 5.13 Å². The number of rotatable bonds is 4. The van der Waals surface area contributed by atoms with Crippen LogP contribution in [0.1, 0.15) is 30.4 Å². The van der Waals surface area contributed by atoms with Crippen LogP contribution < -0.4 is 5.32 Å². The highest BCUT2D eigenvalue weighted by atomic mass is 35.5. The van der Waals surface area contributed by atoms with Crippen molar-refractivity contribution in [1.82, 2.24) is 4.98 Å². The molecule has 1 aromatic rings. The number of nitrogens with one attached hydrogen (secondary N) is 1. The second-order valence-corrected chi connectivity index (χ2v) is 4.98. The molecule has 1 aromatic heterocycles. The summed E-state index contributed by atoms with van der Waals surface area (Å²) >= 11 is 6.74. The highest BCUT2D eigenvalue weighted by Gasteiger charge is 2.17. The van der Waals surface area contributed by atoms with Crippen molar-refractivity contribution >= 4 is 34.0 Å².